The lowest BCUT2D eigenvalue weighted by atomic mass is 10.0. The van der Waals surface area contributed by atoms with Gasteiger partial charge in [0.25, 0.3) is 5.91 Å². The number of benzene rings is 2. The Labute approximate surface area is 194 Å². The van der Waals surface area contributed by atoms with E-state index in [4.69, 9.17) is 9.15 Å². The fraction of sp³-hybridized carbons (Fsp3) is 0.370. The molecule has 0 saturated carbocycles. The Morgan fingerprint density at radius 2 is 1.82 bits per heavy atom. The van der Waals surface area contributed by atoms with Crippen LogP contribution in [0.25, 0.3) is 0 Å². The van der Waals surface area contributed by atoms with Crippen molar-refractivity contribution >= 4 is 5.91 Å². The quantitative estimate of drug-likeness (QED) is 0.484. The molecule has 1 aliphatic heterocycles. The topological polar surface area (TPSA) is 45.9 Å². The molecule has 33 heavy (non-hydrogen) atoms. The highest BCUT2D eigenvalue weighted by molar-refractivity contribution is 5.91. The van der Waals surface area contributed by atoms with Crippen LogP contribution < -0.4 is 4.74 Å². The molecular formula is C27H31FN2O3. The third-order valence-electron chi connectivity index (χ3n) is 6.04. The summed E-state index contributed by atoms with van der Waals surface area (Å²) in [6.45, 7) is 9.69. The van der Waals surface area contributed by atoms with Crippen LogP contribution in [0, 0.1) is 12.7 Å². The number of nitrogens with zero attached hydrogens (tertiary/aromatic N) is 2. The van der Waals surface area contributed by atoms with Gasteiger partial charge in [0.2, 0.25) is 0 Å². The van der Waals surface area contributed by atoms with Crippen molar-refractivity contribution in [2.45, 2.75) is 39.8 Å². The zero-order valence-corrected chi connectivity index (χ0v) is 19.5. The van der Waals surface area contributed by atoms with Crippen molar-refractivity contribution in [1.82, 2.24) is 9.80 Å². The Hall–Kier alpha value is -3.12. The summed E-state index contributed by atoms with van der Waals surface area (Å²) in [5.74, 6) is 1.83. The summed E-state index contributed by atoms with van der Waals surface area (Å²) >= 11 is 0. The van der Waals surface area contributed by atoms with Crippen molar-refractivity contribution < 1.29 is 18.3 Å². The van der Waals surface area contributed by atoms with Crippen LogP contribution >= 0.6 is 0 Å². The lowest BCUT2D eigenvalue weighted by Crippen LogP contribution is -2.48. The lowest BCUT2D eigenvalue weighted by Gasteiger charge is -2.34. The number of hydrogen-bond acceptors (Lipinski definition) is 4. The average Bonchev–Trinajstić information content (AvgIpc) is 3.28. The summed E-state index contributed by atoms with van der Waals surface area (Å²) in [5, 5.41) is 0. The van der Waals surface area contributed by atoms with Crippen LogP contribution in [-0.4, -0.2) is 41.9 Å². The van der Waals surface area contributed by atoms with Crippen molar-refractivity contribution in [1.29, 1.82) is 0 Å². The molecule has 3 aromatic rings. The van der Waals surface area contributed by atoms with Gasteiger partial charge >= 0.3 is 0 Å². The summed E-state index contributed by atoms with van der Waals surface area (Å²) in [7, 11) is 0. The number of furan rings is 1. The lowest BCUT2D eigenvalue weighted by molar-refractivity contribution is 0.0592. The maximum absolute atomic E-state index is 13.9. The van der Waals surface area contributed by atoms with Gasteiger partial charge in [-0.3, -0.25) is 9.69 Å². The highest BCUT2D eigenvalue weighted by Crippen LogP contribution is 2.28. The van der Waals surface area contributed by atoms with Crippen LogP contribution in [0.2, 0.25) is 0 Å². The molecule has 1 saturated heterocycles. The van der Waals surface area contributed by atoms with Crippen molar-refractivity contribution in [3.8, 4) is 5.75 Å². The van der Waals surface area contributed by atoms with E-state index in [9.17, 15) is 9.18 Å². The van der Waals surface area contributed by atoms with E-state index in [0.717, 1.165) is 16.9 Å². The third-order valence-corrected chi connectivity index (χ3v) is 6.04. The molecule has 1 amide bonds. The molecule has 0 radical (unpaired) electrons. The SMILES string of the molecule is Cc1ccc(C(C)C)c(OCc2ccc(C(=O)N3CCN(Cc4ccccc4F)CC3)o2)c1. The van der Waals surface area contributed by atoms with Gasteiger partial charge < -0.3 is 14.1 Å². The first-order chi connectivity index (χ1) is 15.9. The molecule has 1 fully saturated rings. The van der Waals surface area contributed by atoms with Crippen LogP contribution in [-0.2, 0) is 13.2 Å². The van der Waals surface area contributed by atoms with E-state index < -0.39 is 0 Å². The first-order valence-electron chi connectivity index (χ1n) is 11.5. The monoisotopic (exact) mass is 450 g/mol. The summed E-state index contributed by atoms with van der Waals surface area (Å²) in [4.78, 5) is 16.9. The normalized spacial score (nSPS) is 14.6. The second-order valence-electron chi connectivity index (χ2n) is 8.91. The van der Waals surface area contributed by atoms with Gasteiger partial charge in [-0.1, -0.05) is 44.2 Å². The molecular weight excluding hydrogens is 419 g/mol. The number of rotatable bonds is 7. The van der Waals surface area contributed by atoms with Crippen molar-refractivity contribution in [3.63, 3.8) is 0 Å². The van der Waals surface area contributed by atoms with E-state index >= 15 is 0 Å². The minimum atomic E-state index is -0.187. The molecule has 4 rings (SSSR count). The van der Waals surface area contributed by atoms with Crippen LogP contribution in [0.15, 0.2) is 59.0 Å². The predicted molar refractivity (Wildman–Crippen MR) is 126 cm³/mol. The van der Waals surface area contributed by atoms with Gasteiger partial charge in [0, 0.05) is 38.3 Å². The molecule has 0 atom stereocenters. The van der Waals surface area contributed by atoms with E-state index in [-0.39, 0.29) is 18.3 Å². The minimum Gasteiger partial charge on any atom is -0.485 e. The average molecular weight is 451 g/mol. The molecule has 1 aromatic heterocycles. The van der Waals surface area contributed by atoms with Crippen molar-refractivity contribution in [2.75, 3.05) is 26.2 Å². The second-order valence-corrected chi connectivity index (χ2v) is 8.91. The second kappa shape index (κ2) is 10.2. The fourth-order valence-corrected chi connectivity index (χ4v) is 4.10. The zero-order valence-electron chi connectivity index (χ0n) is 19.5. The number of halogens is 1. The van der Waals surface area contributed by atoms with Gasteiger partial charge in [-0.05, 0) is 48.2 Å². The first kappa shape index (κ1) is 23.1. The van der Waals surface area contributed by atoms with Crippen LogP contribution in [0.3, 0.4) is 0 Å². The molecule has 6 heteroatoms. The molecule has 0 aliphatic carbocycles. The Morgan fingerprint density at radius 3 is 2.55 bits per heavy atom. The highest BCUT2D eigenvalue weighted by Gasteiger charge is 2.25. The summed E-state index contributed by atoms with van der Waals surface area (Å²) in [5.41, 5.74) is 2.97. The van der Waals surface area contributed by atoms with Crippen molar-refractivity contribution in [2.24, 2.45) is 0 Å². The van der Waals surface area contributed by atoms with Gasteiger partial charge in [0.1, 0.15) is 23.9 Å². The molecule has 0 unspecified atom stereocenters. The molecule has 2 aromatic carbocycles. The van der Waals surface area contributed by atoms with Crippen LogP contribution in [0.1, 0.15) is 52.8 Å². The molecule has 0 bridgehead atoms. The molecule has 0 spiro atoms. The van der Waals surface area contributed by atoms with Gasteiger partial charge in [-0.2, -0.15) is 0 Å². The first-order valence-corrected chi connectivity index (χ1v) is 11.5. The van der Waals surface area contributed by atoms with E-state index in [0.29, 0.717) is 55.7 Å². The number of ether oxygens (including phenoxy) is 1. The Morgan fingerprint density at radius 1 is 1.06 bits per heavy atom. The van der Waals surface area contributed by atoms with Gasteiger partial charge in [0.15, 0.2) is 5.76 Å². The molecule has 0 N–H and O–H groups in total. The van der Waals surface area contributed by atoms with E-state index in [1.165, 1.54) is 6.07 Å². The zero-order chi connectivity index (χ0) is 23.4. The molecule has 5 nitrogen and oxygen atoms in total. The maximum Gasteiger partial charge on any atom is 0.289 e. The Balaban J connectivity index is 1.32. The standard InChI is InChI=1S/C27H31FN2O3/c1-19(2)23-10-8-20(3)16-26(23)32-18-22-9-11-25(33-22)27(31)30-14-12-29(13-15-30)17-21-6-4-5-7-24(21)28/h4-11,16,19H,12-15,17-18H2,1-3H3. The van der Waals surface area contributed by atoms with Crippen LogP contribution in [0.4, 0.5) is 4.39 Å². The van der Waals surface area contributed by atoms with E-state index in [1.807, 2.05) is 19.1 Å². The Kier molecular flexibility index (Phi) is 7.14. The number of carbonyl (C=O) groups is 1. The van der Waals surface area contributed by atoms with Gasteiger partial charge in [0.05, 0.1) is 0 Å². The third kappa shape index (κ3) is 5.63. The largest absolute Gasteiger partial charge is 0.485 e. The molecule has 2 heterocycles. The van der Waals surface area contributed by atoms with Gasteiger partial charge in [-0.25, -0.2) is 4.39 Å². The number of piperazine rings is 1. The van der Waals surface area contributed by atoms with Gasteiger partial charge in [-0.15, -0.1) is 0 Å². The summed E-state index contributed by atoms with van der Waals surface area (Å²) in [6.07, 6.45) is 0. The maximum atomic E-state index is 13.9. The number of carbonyl (C=O) groups excluding carboxylic acids is 1. The number of aryl methyl sites for hydroxylation is 1. The smallest absolute Gasteiger partial charge is 0.289 e. The molecule has 1 aliphatic rings. The number of hydrogen-bond donors (Lipinski definition) is 0. The summed E-state index contributed by atoms with van der Waals surface area (Å²) < 4.78 is 25.7. The van der Waals surface area contributed by atoms with E-state index in [2.05, 4.69) is 30.9 Å². The van der Waals surface area contributed by atoms with E-state index in [1.54, 1.807) is 29.2 Å². The predicted octanol–water partition coefficient (Wildman–Crippen LogP) is 5.39. The molecule has 174 valence electrons. The number of amides is 1. The highest BCUT2D eigenvalue weighted by atomic mass is 19.1. The Bertz CT molecular complexity index is 1100. The van der Waals surface area contributed by atoms with Crippen LogP contribution in [0.5, 0.6) is 5.75 Å². The summed E-state index contributed by atoms with van der Waals surface area (Å²) in [6, 6.07) is 16.6. The fourth-order valence-electron chi connectivity index (χ4n) is 4.10. The minimum absolute atomic E-state index is 0.120. The van der Waals surface area contributed by atoms with Crippen molar-refractivity contribution in [3.05, 3.63) is 88.6 Å².